The fourth-order valence-electron chi connectivity index (χ4n) is 3.35. The highest BCUT2D eigenvalue weighted by molar-refractivity contribution is 7.91. The van der Waals surface area contributed by atoms with Gasteiger partial charge in [0.15, 0.2) is 9.84 Å². The maximum absolute atomic E-state index is 13.2. The number of hydrogen-bond donors (Lipinski definition) is 1. The molecule has 2 aromatic rings. The zero-order valence-electron chi connectivity index (χ0n) is 14.9. The van der Waals surface area contributed by atoms with E-state index in [4.69, 9.17) is 10.6 Å². The van der Waals surface area contributed by atoms with E-state index in [1.807, 2.05) is 12.1 Å². The Labute approximate surface area is 158 Å². The van der Waals surface area contributed by atoms with Gasteiger partial charge < -0.3 is 9.57 Å². The molecule has 1 atom stereocenters. The first kappa shape index (κ1) is 19.1. The number of carbonyl (C=O) groups is 1. The molecule has 2 N–H and O–H groups in total. The molecule has 0 amide bonds. The molecule has 27 heavy (non-hydrogen) atoms. The van der Waals surface area contributed by atoms with Gasteiger partial charge in [-0.3, -0.25) is 0 Å². The van der Waals surface area contributed by atoms with Crippen LogP contribution < -0.4 is 10.6 Å². The number of benzene rings is 2. The minimum absolute atomic E-state index is 0.288. The minimum atomic E-state index is -3.51. The number of sulfone groups is 1. The lowest BCUT2D eigenvalue weighted by Crippen LogP contribution is -2.19. The highest BCUT2D eigenvalue weighted by Gasteiger charge is 2.32. The smallest absolute Gasteiger partial charge is 0.349 e. The highest BCUT2D eigenvalue weighted by Crippen LogP contribution is 2.39. The highest BCUT2D eigenvalue weighted by atomic mass is 32.2. The van der Waals surface area contributed by atoms with E-state index in [1.54, 1.807) is 43.5 Å². The average Bonchev–Trinajstić information content (AvgIpc) is 2.71. The van der Waals surface area contributed by atoms with Crippen molar-refractivity contribution in [3.8, 4) is 5.75 Å². The van der Waals surface area contributed by atoms with Gasteiger partial charge in [0.25, 0.3) is 0 Å². The van der Waals surface area contributed by atoms with Crippen molar-refractivity contribution in [2.45, 2.75) is 29.4 Å². The van der Waals surface area contributed by atoms with Crippen LogP contribution in [0.5, 0.6) is 5.75 Å². The van der Waals surface area contributed by atoms with Crippen LogP contribution in [0.15, 0.2) is 53.4 Å². The molecule has 0 aliphatic heterocycles. The quantitative estimate of drug-likeness (QED) is 0.626. The molecule has 0 bridgehead atoms. The maximum atomic E-state index is 13.2. The largest absolute Gasteiger partial charge is 0.497 e. The van der Waals surface area contributed by atoms with E-state index >= 15 is 0 Å². The molecular weight excluding hydrogens is 366 g/mol. The van der Waals surface area contributed by atoms with Gasteiger partial charge in [0, 0.05) is 6.08 Å². The Morgan fingerprint density at radius 2 is 1.93 bits per heavy atom. The average molecular weight is 387 g/mol. The van der Waals surface area contributed by atoms with Crippen LogP contribution in [-0.4, -0.2) is 21.5 Å². The van der Waals surface area contributed by atoms with Crippen LogP contribution in [-0.2, 0) is 25.9 Å². The monoisotopic (exact) mass is 387 g/mol. The van der Waals surface area contributed by atoms with Crippen molar-refractivity contribution in [2.24, 2.45) is 5.90 Å². The van der Waals surface area contributed by atoms with E-state index < -0.39 is 21.1 Å². The molecule has 2 aromatic carbocycles. The van der Waals surface area contributed by atoms with Crippen LogP contribution in [0.1, 0.15) is 34.8 Å². The first-order valence-electron chi connectivity index (χ1n) is 8.55. The molecule has 0 saturated carbocycles. The van der Waals surface area contributed by atoms with Crippen LogP contribution in [0.3, 0.4) is 0 Å². The number of methoxy groups -OCH3 is 1. The standard InChI is InChI=1S/C20H21NO5S/c1-25-16-7-9-17(10-8-16)27(23,24)19-4-2-3-15-13-14(5-11-18(15)19)6-12-20(22)26-21/h5-13,19H,2-4,21H2,1H3/b12-6+. The zero-order valence-corrected chi connectivity index (χ0v) is 15.7. The lowest BCUT2D eigenvalue weighted by molar-refractivity contribution is -0.138. The summed E-state index contributed by atoms with van der Waals surface area (Å²) < 4.78 is 31.4. The Morgan fingerprint density at radius 3 is 2.59 bits per heavy atom. The third-order valence-electron chi connectivity index (χ3n) is 4.72. The van der Waals surface area contributed by atoms with E-state index in [2.05, 4.69) is 4.84 Å². The molecule has 6 nitrogen and oxygen atoms in total. The van der Waals surface area contributed by atoms with Crippen LogP contribution in [0.25, 0.3) is 6.08 Å². The van der Waals surface area contributed by atoms with Gasteiger partial charge in [-0.2, -0.15) is 5.90 Å². The normalized spacial score (nSPS) is 16.7. The number of ether oxygens (including phenoxy) is 1. The predicted octanol–water partition coefficient (Wildman–Crippen LogP) is 2.98. The second-order valence-corrected chi connectivity index (χ2v) is 8.46. The van der Waals surface area contributed by atoms with E-state index in [0.717, 1.165) is 29.5 Å². The zero-order chi connectivity index (χ0) is 19.4. The summed E-state index contributed by atoms with van der Waals surface area (Å²) in [4.78, 5) is 15.5. The van der Waals surface area contributed by atoms with Gasteiger partial charge in [0.05, 0.1) is 17.3 Å². The fourth-order valence-corrected chi connectivity index (χ4v) is 5.23. The molecular formula is C20H21NO5S. The topological polar surface area (TPSA) is 95.7 Å². The van der Waals surface area contributed by atoms with Crippen molar-refractivity contribution < 1.29 is 22.8 Å². The Balaban J connectivity index is 1.93. The predicted molar refractivity (Wildman–Crippen MR) is 102 cm³/mol. The summed E-state index contributed by atoms with van der Waals surface area (Å²) in [6, 6.07) is 12.0. The first-order chi connectivity index (χ1) is 13.0. The van der Waals surface area contributed by atoms with Crippen LogP contribution in [0.2, 0.25) is 0 Å². The molecule has 0 saturated heterocycles. The summed E-state index contributed by atoms with van der Waals surface area (Å²) in [5.74, 6) is 4.78. The third-order valence-corrected chi connectivity index (χ3v) is 6.88. The van der Waals surface area contributed by atoms with Crippen molar-refractivity contribution in [2.75, 3.05) is 7.11 Å². The van der Waals surface area contributed by atoms with Crippen molar-refractivity contribution in [3.63, 3.8) is 0 Å². The van der Waals surface area contributed by atoms with Crippen molar-refractivity contribution >= 4 is 21.9 Å². The van der Waals surface area contributed by atoms with Crippen molar-refractivity contribution in [3.05, 3.63) is 65.2 Å². The van der Waals surface area contributed by atoms with Crippen molar-refractivity contribution in [1.82, 2.24) is 0 Å². The first-order valence-corrected chi connectivity index (χ1v) is 10.1. The lowest BCUT2D eigenvalue weighted by Gasteiger charge is -2.26. The SMILES string of the molecule is COc1ccc(S(=O)(=O)C2CCCc3cc(/C=C/C(=O)ON)ccc32)cc1. The number of fused-ring (bicyclic) bond motifs is 1. The number of aryl methyl sites for hydroxylation is 1. The number of hydrogen-bond acceptors (Lipinski definition) is 6. The van der Waals surface area contributed by atoms with Gasteiger partial charge in [-0.1, -0.05) is 18.2 Å². The van der Waals surface area contributed by atoms with E-state index in [0.29, 0.717) is 12.2 Å². The summed E-state index contributed by atoms with van der Waals surface area (Å²) in [5, 5.41) is -0.582. The van der Waals surface area contributed by atoms with Gasteiger partial charge in [-0.05, 0) is 66.3 Å². The number of carbonyl (C=O) groups excluding carboxylic acids is 1. The van der Waals surface area contributed by atoms with Crippen LogP contribution >= 0.6 is 0 Å². The van der Waals surface area contributed by atoms with E-state index in [-0.39, 0.29) is 4.90 Å². The summed E-state index contributed by atoms with van der Waals surface area (Å²) in [6.45, 7) is 0. The second-order valence-electron chi connectivity index (χ2n) is 6.33. The molecule has 3 rings (SSSR count). The Kier molecular flexibility index (Phi) is 5.62. The molecule has 1 aliphatic rings. The Morgan fingerprint density at radius 1 is 1.19 bits per heavy atom. The summed E-state index contributed by atoms with van der Waals surface area (Å²) in [5.41, 5.74) is 2.59. The van der Waals surface area contributed by atoms with Crippen LogP contribution in [0.4, 0.5) is 0 Å². The molecule has 0 radical (unpaired) electrons. The van der Waals surface area contributed by atoms with Crippen LogP contribution in [0, 0.1) is 0 Å². The molecule has 1 unspecified atom stereocenters. The van der Waals surface area contributed by atoms with Gasteiger partial charge in [-0.25, -0.2) is 13.2 Å². The van der Waals surface area contributed by atoms with Crippen molar-refractivity contribution in [1.29, 1.82) is 0 Å². The maximum Gasteiger partial charge on any atom is 0.349 e. The van der Waals surface area contributed by atoms with Gasteiger partial charge in [0.2, 0.25) is 0 Å². The molecule has 7 heteroatoms. The van der Waals surface area contributed by atoms with E-state index in [1.165, 1.54) is 6.08 Å². The Bertz CT molecular complexity index is 964. The molecule has 0 heterocycles. The summed E-state index contributed by atoms with van der Waals surface area (Å²) in [7, 11) is -1.97. The van der Waals surface area contributed by atoms with Gasteiger partial charge >= 0.3 is 5.97 Å². The molecule has 0 aromatic heterocycles. The summed E-state index contributed by atoms with van der Waals surface area (Å²) in [6.07, 6.45) is 4.99. The molecule has 0 spiro atoms. The number of rotatable bonds is 5. The molecule has 142 valence electrons. The third kappa shape index (κ3) is 4.04. The molecule has 0 fully saturated rings. The molecule has 1 aliphatic carbocycles. The van der Waals surface area contributed by atoms with Gasteiger partial charge in [-0.15, -0.1) is 0 Å². The Hall–Kier alpha value is -2.64. The fraction of sp³-hybridized carbons (Fsp3) is 0.250. The second kappa shape index (κ2) is 7.94. The summed E-state index contributed by atoms with van der Waals surface area (Å²) >= 11 is 0. The lowest BCUT2D eigenvalue weighted by atomic mass is 9.90. The number of nitrogens with two attached hydrogens (primary N) is 1. The van der Waals surface area contributed by atoms with Gasteiger partial charge in [0.1, 0.15) is 5.75 Å². The minimum Gasteiger partial charge on any atom is -0.497 e. The van der Waals surface area contributed by atoms with E-state index in [9.17, 15) is 13.2 Å².